The molecule has 16 heavy (non-hydrogen) atoms. The Morgan fingerprint density at radius 3 is 2.81 bits per heavy atom. The van der Waals surface area contributed by atoms with Crippen LogP contribution >= 0.6 is 11.3 Å². The van der Waals surface area contributed by atoms with E-state index in [2.05, 4.69) is 33.2 Å². The van der Waals surface area contributed by atoms with Gasteiger partial charge in [-0.3, -0.25) is 4.98 Å². The number of hydrogen-bond donors (Lipinski definition) is 1. The van der Waals surface area contributed by atoms with Gasteiger partial charge in [-0.25, -0.2) is 0 Å². The van der Waals surface area contributed by atoms with Crippen LogP contribution in [0.1, 0.15) is 11.1 Å². The molecule has 0 saturated heterocycles. The van der Waals surface area contributed by atoms with Gasteiger partial charge in [-0.2, -0.15) is 11.3 Å². The highest BCUT2D eigenvalue weighted by atomic mass is 32.1. The fourth-order valence-electron chi connectivity index (χ4n) is 1.77. The van der Waals surface area contributed by atoms with Gasteiger partial charge in [-0.15, -0.1) is 0 Å². The fraction of sp³-hybridized carbons (Fsp3) is 0.308. The summed E-state index contributed by atoms with van der Waals surface area (Å²) in [6, 6.07) is 6.80. The van der Waals surface area contributed by atoms with Crippen LogP contribution in [0.5, 0.6) is 0 Å². The van der Waals surface area contributed by atoms with Gasteiger partial charge in [-0.05, 0) is 53.9 Å². The SMILES string of the molecule is CNC(Cc1cccnc1)Cc1ccsc1. The fourth-order valence-corrected chi connectivity index (χ4v) is 2.45. The highest BCUT2D eigenvalue weighted by Gasteiger charge is 2.08. The molecular formula is C13H16N2S. The maximum absolute atomic E-state index is 4.14. The number of pyridine rings is 1. The van der Waals surface area contributed by atoms with Crippen molar-refractivity contribution in [1.29, 1.82) is 0 Å². The zero-order valence-electron chi connectivity index (χ0n) is 9.39. The van der Waals surface area contributed by atoms with Gasteiger partial charge in [0.25, 0.3) is 0 Å². The lowest BCUT2D eigenvalue weighted by Crippen LogP contribution is -2.29. The third-order valence-corrected chi connectivity index (χ3v) is 3.41. The van der Waals surface area contributed by atoms with Crippen LogP contribution in [-0.4, -0.2) is 18.1 Å². The van der Waals surface area contributed by atoms with E-state index >= 15 is 0 Å². The minimum atomic E-state index is 0.485. The Morgan fingerprint density at radius 1 is 1.31 bits per heavy atom. The Kier molecular flexibility index (Phi) is 4.08. The molecule has 0 aliphatic rings. The molecule has 1 N–H and O–H groups in total. The lowest BCUT2D eigenvalue weighted by Gasteiger charge is -2.15. The number of thiophene rings is 1. The lowest BCUT2D eigenvalue weighted by atomic mass is 10.0. The standard InChI is InChI=1S/C13H16N2S/c1-14-13(8-12-4-6-16-10-12)7-11-3-2-5-15-9-11/h2-6,9-10,13-14H,7-8H2,1H3. The zero-order valence-corrected chi connectivity index (χ0v) is 10.2. The molecule has 2 heterocycles. The van der Waals surface area contributed by atoms with E-state index < -0.39 is 0 Å². The Labute approximate surface area is 100 Å². The van der Waals surface area contributed by atoms with Crippen LogP contribution in [0, 0.1) is 0 Å². The van der Waals surface area contributed by atoms with Gasteiger partial charge in [0.15, 0.2) is 0 Å². The van der Waals surface area contributed by atoms with Gasteiger partial charge in [0.05, 0.1) is 0 Å². The molecule has 0 fully saturated rings. The first kappa shape index (κ1) is 11.3. The van der Waals surface area contributed by atoms with Crippen LogP contribution in [0.25, 0.3) is 0 Å². The number of rotatable bonds is 5. The highest BCUT2D eigenvalue weighted by molar-refractivity contribution is 7.07. The third-order valence-electron chi connectivity index (χ3n) is 2.68. The summed E-state index contributed by atoms with van der Waals surface area (Å²) in [6.45, 7) is 0. The van der Waals surface area contributed by atoms with Crippen LogP contribution < -0.4 is 5.32 Å². The zero-order chi connectivity index (χ0) is 11.2. The summed E-state index contributed by atoms with van der Waals surface area (Å²) in [7, 11) is 2.02. The van der Waals surface area contributed by atoms with E-state index in [4.69, 9.17) is 0 Å². The van der Waals surface area contributed by atoms with Crippen LogP contribution in [0.15, 0.2) is 41.4 Å². The van der Waals surface area contributed by atoms with Crippen molar-refractivity contribution in [3.05, 3.63) is 52.5 Å². The second-order valence-electron chi connectivity index (χ2n) is 3.89. The van der Waals surface area contributed by atoms with Gasteiger partial charge in [-0.1, -0.05) is 6.07 Å². The molecule has 1 unspecified atom stereocenters. The molecule has 1 atom stereocenters. The molecule has 2 rings (SSSR count). The molecule has 3 heteroatoms. The van der Waals surface area contributed by atoms with E-state index in [1.54, 1.807) is 11.3 Å². The Hall–Kier alpha value is -1.19. The van der Waals surface area contributed by atoms with Crippen molar-refractivity contribution < 1.29 is 0 Å². The van der Waals surface area contributed by atoms with E-state index in [1.165, 1.54) is 11.1 Å². The van der Waals surface area contributed by atoms with Crippen molar-refractivity contribution in [1.82, 2.24) is 10.3 Å². The molecule has 0 saturated carbocycles. The van der Waals surface area contributed by atoms with Crippen LogP contribution in [0.4, 0.5) is 0 Å². The quantitative estimate of drug-likeness (QED) is 0.857. The van der Waals surface area contributed by atoms with Crippen molar-refractivity contribution >= 4 is 11.3 Å². The van der Waals surface area contributed by atoms with Gasteiger partial charge >= 0.3 is 0 Å². The Morgan fingerprint density at radius 2 is 2.19 bits per heavy atom. The summed E-state index contributed by atoms with van der Waals surface area (Å²) in [5.74, 6) is 0. The van der Waals surface area contributed by atoms with E-state index in [0.29, 0.717) is 6.04 Å². The number of nitrogens with zero attached hydrogens (tertiary/aromatic N) is 1. The smallest absolute Gasteiger partial charge is 0.0300 e. The van der Waals surface area contributed by atoms with Crippen molar-refractivity contribution in [2.75, 3.05) is 7.05 Å². The normalized spacial score (nSPS) is 12.6. The van der Waals surface area contributed by atoms with Crippen molar-refractivity contribution in [2.24, 2.45) is 0 Å². The monoisotopic (exact) mass is 232 g/mol. The minimum absolute atomic E-state index is 0.485. The summed E-state index contributed by atoms with van der Waals surface area (Å²) in [4.78, 5) is 4.14. The highest BCUT2D eigenvalue weighted by Crippen LogP contribution is 2.11. The first-order valence-electron chi connectivity index (χ1n) is 5.45. The topological polar surface area (TPSA) is 24.9 Å². The summed E-state index contributed by atoms with van der Waals surface area (Å²) >= 11 is 1.76. The average molecular weight is 232 g/mol. The maximum Gasteiger partial charge on any atom is 0.0300 e. The van der Waals surface area contributed by atoms with E-state index in [0.717, 1.165) is 12.8 Å². The second-order valence-corrected chi connectivity index (χ2v) is 4.67. The van der Waals surface area contributed by atoms with E-state index in [1.807, 2.05) is 25.5 Å². The van der Waals surface area contributed by atoms with Crippen LogP contribution in [0.3, 0.4) is 0 Å². The lowest BCUT2D eigenvalue weighted by molar-refractivity contribution is 0.556. The van der Waals surface area contributed by atoms with Crippen molar-refractivity contribution in [3.63, 3.8) is 0 Å². The van der Waals surface area contributed by atoms with Gasteiger partial charge in [0.2, 0.25) is 0 Å². The van der Waals surface area contributed by atoms with Crippen LogP contribution in [-0.2, 0) is 12.8 Å². The molecule has 0 radical (unpaired) electrons. The first-order chi connectivity index (χ1) is 7.88. The Balaban J connectivity index is 1.96. The number of aromatic nitrogens is 1. The first-order valence-corrected chi connectivity index (χ1v) is 6.40. The minimum Gasteiger partial charge on any atom is -0.316 e. The Bertz CT molecular complexity index is 397. The molecule has 2 aromatic heterocycles. The maximum atomic E-state index is 4.14. The summed E-state index contributed by atoms with van der Waals surface area (Å²) in [5, 5.41) is 7.71. The molecule has 0 aromatic carbocycles. The number of nitrogens with one attached hydrogen (secondary N) is 1. The molecule has 0 amide bonds. The molecular weight excluding hydrogens is 216 g/mol. The average Bonchev–Trinajstić information content (AvgIpc) is 2.82. The van der Waals surface area contributed by atoms with Crippen molar-refractivity contribution in [3.8, 4) is 0 Å². The summed E-state index contributed by atoms with van der Waals surface area (Å²) < 4.78 is 0. The van der Waals surface area contributed by atoms with Gasteiger partial charge in [0.1, 0.15) is 0 Å². The van der Waals surface area contributed by atoms with E-state index in [9.17, 15) is 0 Å². The number of likely N-dealkylation sites (N-methyl/N-ethyl adjacent to an activating group) is 1. The predicted octanol–water partition coefficient (Wildman–Crippen LogP) is 2.52. The predicted molar refractivity (Wildman–Crippen MR) is 68.8 cm³/mol. The molecule has 0 spiro atoms. The second kappa shape index (κ2) is 5.77. The largest absolute Gasteiger partial charge is 0.316 e. The van der Waals surface area contributed by atoms with Crippen LogP contribution in [0.2, 0.25) is 0 Å². The summed E-state index contributed by atoms with van der Waals surface area (Å²) in [6.07, 6.45) is 5.86. The van der Waals surface area contributed by atoms with E-state index in [-0.39, 0.29) is 0 Å². The molecule has 0 bridgehead atoms. The third kappa shape index (κ3) is 3.15. The molecule has 2 nitrogen and oxygen atoms in total. The summed E-state index contributed by atoms with van der Waals surface area (Å²) in [5.41, 5.74) is 2.70. The molecule has 2 aromatic rings. The van der Waals surface area contributed by atoms with Gasteiger partial charge in [0, 0.05) is 18.4 Å². The molecule has 84 valence electrons. The van der Waals surface area contributed by atoms with Gasteiger partial charge < -0.3 is 5.32 Å². The van der Waals surface area contributed by atoms with Crippen molar-refractivity contribution in [2.45, 2.75) is 18.9 Å². The number of hydrogen-bond acceptors (Lipinski definition) is 3. The molecule has 0 aliphatic heterocycles. The molecule has 0 aliphatic carbocycles.